The minimum atomic E-state index is -0.753. The van der Waals surface area contributed by atoms with E-state index < -0.39 is 17.0 Å². The average molecular weight is 289 g/mol. The molecule has 1 aromatic rings. The maximum absolute atomic E-state index is 13.3. The summed E-state index contributed by atoms with van der Waals surface area (Å²) in [5, 5.41) is 9.64. The number of hydrogen-bond acceptors (Lipinski definition) is 3. The Morgan fingerprint density at radius 2 is 1.89 bits per heavy atom. The summed E-state index contributed by atoms with van der Waals surface area (Å²) in [7, 11) is 0. The highest BCUT2D eigenvalue weighted by molar-refractivity contribution is 7.99. The molecule has 108 valence electrons. The molecular weight excluding hydrogens is 268 g/mol. The zero-order valence-corrected chi connectivity index (χ0v) is 12.0. The van der Waals surface area contributed by atoms with Gasteiger partial charge in [-0.05, 0) is 42.0 Å². The highest BCUT2D eigenvalue weighted by Crippen LogP contribution is 2.30. The van der Waals surface area contributed by atoms with Crippen molar-refractivity contribution in [1.82, 2.24) is 0 Å². The van der Waals surface area contributed by atoms with Gasteiger partial charge in [-0.2, -0.15) is 11.8 Å². The van der Waals surface area contributed by atoms with Gasteiger partial charge in [0.05, 0.1) is 6.61 Å². The fourth-order valence-electron chi connectivity index (χ4n) is 2.12. The van der Waals surface area contributed by atoms with Crippen LogP contribution in [0.15, 0.2) is 18.2 Å². The lowest BCUT2D eigenvalue weighted by Gasteiger charge is -2.31. The van der Waals surface area contributed by atoms with Gasteiger partial charge >= 0.3 is 0 Å². The molecule has 0 aliphatic rings. The van der Waals surface area contributed by atoms with Crippen molar-refractivity contribution in [2.24, 2.45) is 5.73 Å². The first-order chi connectivity index (χ1) is 9.07. The molecule has 0 fully saturated rings. The Labute approximate surface area is 117 Å². The summed E-state index contributed by atoms with van der Waals surface area (Å²) in [4.78, 5) is 0. The highest BCUT2D eigenvalue weighted by atomic mass is 32.2. The molecule has 0 saturated heterocycles. The van der Waals surface area contributed by atoms with Gasteiger partial charge in [-0.3, -0.25) is 0 Å². The molecule has 0 amide bonds. The number of benzene rings is 1. The molecule has 0 bridgehead atoms. The molecule has 5 heteroatoms. The zero-order valence-electron chi connectivity index (χ0n) is 11.2. The first-order valence-corrected chi connectivity index (χ1v) is 7.58. The molecule has 1 aromatic carbocycles. The van der Waals surface area contributed by atoms with Crippen LogP contribution < -0.4 is 5.73 Å². The van der Waals surface area contributed by atoms with Gasteiger partial charge < -0.3 is 10.8 Å². The first-order valence-electron chi connectivity index (χ1n) is 6.43. The van der Waals surface area contributed by atoms with Gasteiger partial charge in [0, 0.05) is 18.0 Å². The number of thioether (sulfide) groups is 1. The largest absolute Gasteiger partial charge is 0.395 e. The van der Waals surface area contributed by atoms with E-state index in [1.807, 2.05) is 0 Å². The maximum atomic E-state index is 13.3. The molecular formula is C14H21F2NOS. The van der Waals surface area contributed by atoms with Crippen LogP contribution in [-0.2, 0) is 5.41 Å². The van der Waals surface area contributed by atoms with E-state index in [1.165, 1.54) is 12.1 Å². The predicted octanol–water partition coefficient (Wildman–Crippen LogP) is 2.69. The van der Waals surface area contributed by atoms with Crippen molar-refractivity contribution in [2.75, 3.05) is 24.7 Å². The van der Waals surface area contributed by atoms with E-state index in [9.17, 15) is 13.9 Å². The van der Waals surface area contributed by atoms with Crippen LogP contribution in [0.2, 0.25) is 0 Å². The average Bonchev–Trinajstić information content (AvgIpc) is 2.38. The third kappa shape index (κ3) is 4.44. The molecule has 0 spiro atoms. The van der Waals surface area contributed by atoms with Crippen LogP contribution in [0.3, 0.4) is 0 Å². The van der Waals surface area contributed by atoms with Crippen LogP contribution in [0.4, 0.5) is 8.78 Å². The minimum Gasteiger partial charge on any atom is -0.395 e. The standard InChI is InChI=1S/C14H21F2NOS/c1-2-19-5-3-4-14(9-17,10-18)11-6-12(15)8-13(16)7-11/h6-8,18H,2-5,9-10,17H2,1H3. The fraction of sp³-hybridized carbons (Fsp3) is 0.571. The van der Waals surface area contributed by atoms with Crippen LogP contribution in [0.1, 0.15) is 25.3 Å². The summed E-state index contributed by atoms with van der Waals surface area (Å²) in [6.07, 6.45) is 1.48. The SMILES string of the molecule is CCSCCCC(CN)(CO)c1cc(F)cc(F)c1. The lowest BCUT2D eigenvalue weighted by molar-refractivity contribution is 0.187. The summed E-state index contributed by atoms with van der Waals surface area (Å²) in [5.41, 5.74) is 5.44. The number of halogens is 2. The number of aliphatic hydroxyl groups is 1. The van der Waals surface area contributed by atoms with Gasteiger partial charge in [0.1, 0.15) is 11.6 Å². The van der Waals surface area contributed by atoms with Gasteiger partial charge in [0.2, 0.25) is 0 Å². The quantitative estimate of drug-likeness (QED) is 0.723. The molecule has 1 rings (SSSR count). The topological polar surface area (TPSA) is 46.2 Å². The molecule has 1 atom stereocenters. The number of aliphatic hydroxyl groups excluding tert-OH is 1. The Bertz CT molecular complexity index is 377. The van der Waals surface area contributed by atoms with E-state index in [2.05, 4.69) is 6.92 Å². The fourth-order valence-corrected chi connectivity index (χ4v) is 2.75. The van der Waals surface area contributed by atoms with Crippen LogP contribution in [0, 0.1) is 11.6 Å². The second kappa shape index (κ2) is 7.82. The maximum Gasteiger partial charge on any atom is 0.126 e. The Balaban J connectivity index is 2.90. The zero-order chi connectivity index (χ0) is 14.3. The van der Waals surface area contributed by atoms with Crippen LogP contribution in [0.5, 0.6) is 0 Å². The van der Waals surface area contributed by atoms with Crippen molar-refractivity contribution in [2.45, 2.75) is 25.2 Å². The summed E-state index contributed by atoms with van der Waals surface area (Å²) in [5.74, 6) is 0.716. The number of hydrogen-bond donors (Lipinski definition) is 2. The smallest absolute Gasteiger partial charge is 0.126 e. The monoisotopic (exact) mass is 289 g/mol. The first kappa shape index (κ1) is 16.4. The van der Waals surface area contributed by atoms with Crippen LogP contribution in [0.25, 0.3) is 0 Å². The molecule has 0 heterocycles. The molecule has 0 saturated carbocycles. The van der Waals surface area contributed by atoms with E-state index in [0.717, 1.165) is 24.0 Å². The third-order valence-electron chi connectivity index (χ3n) is 3.32. The van der Waals surface area contributed by atoms with E-state index in [0.29, 0.717) is 12.0 Å². The summed E-state index contributed by atoms with van der Waals surface area (Å²) in [6.45, 7) is 2.04. The van der Waals surface area contributed by atoms with Crippen LogP contribution >= 0.6 is 11.8 Å². The number of nitrogens with two attached hydrogens (primary N) is 1. The predicted molar refractivity (Wildman–Crippen MR) is 76.4 cm³/mol. The van der Waals surface area contributed by atoms with Crippen molar-refractivity contribution in [3.63, 3.8) is 0 Å². The molecule has 2 nitrogen and oxygen atoms in total. The molecule has 3 N–H and O–H groups in total. The van der Waals surface area contributed by atoms with E-state index in [-0.39, 0.29) is 13.2 Å². The summed E-state index contributed by atoms with van der Waals surface area (Å²) in [6, 6.07) is 3.35. The Morgan fingerprint density at radius 3 is 2.37 bits per heavy atom. The molecule has 0 radical (unpaired) electrons. The molecule has 0 aliphatic heterocycles. The molecule has 0 aromatic heterocycles. The lowest BCUT2D eigenvalue weighted by atomic mass is 9.77. The van der Waals surface area contributed by atoms with E-state index in [4.69, 9.17) is 5.73 Å². The van der Waals surface area contributed by atoms with Crippen molar-refractivity contribution >= 4 is 11.8 Å². The minimum absolute atomic E-state index is 0.170. The normalized spacial score (nSPS) is 14.4. The Kier molecular flexibility index (Phi) is 6.75. The lowest BCUT2D eigenvalue weighted by Crippen LogP contribution is -2.39. The van der Waals surface area contributed by atoms with Crippen LogP contribution in [-0.4, -0.2) is 29.8 Å². The van der Waals surface area contributed by atoms with Gasteiger partial charge in [-0.25, -0.2) is 8.78 Å². The molecule has 0 aliphatic carbocycles. The number of rotatable bonds is 8. The third-order valence-corrected chi connectivity index (χ3v) is 4.30. The molecule has 1 unspecified atom stereocenters. The van der Waals surface area contributed by atoms with Gasteiger partial charge in [-0.15, -0.1) is 0 Å². The second-order valence-corrected chi connectivity index (χ2v) is 6.00. The Morgan fingerprint density at radius 1 is 1.26 bits per heavy atom. The van der Waals surface area contributed by atoms with Gasteiger partial charge in [-0.1, -0.05) is 6.92 Å². The van der Waals surface area contributed by atoms with Crippen molar-refractivity contribution in [3.05, 3.63) is 35.4 Å². The second-order valence-electron chi connectivity index (χ2n) is 4.60. The van der Waals surface area contributed by atoms with Gasteiger partial charge in [0.25, 0.3) is 0 Å². The van der Waals surface area contributed by atoms with Crippen molar-refractivity contribution in [3.8, 4) is 0 Å². The van der Waals surface area contributed by atoms with E-state index >= 15 is 0 Å². The van der Waals surface area contributed by atoms with Crippen molar-refractivity contribution < 1.29 is 13.9 Å². The highest BCUT2D eigenvalue weighted by Gasteiger charge is 2.30. The van der Waals surface area contributed by atoms with E-state index in [1.54, 1.807) is 11.8 Å². The summed E-state index contributed by atoms with van der Waals surface area (Å²) >= 11 is 1.80. The Hall–Kier alpha value is -0.650. The van der Waals surface area contributed by atoms with Gasteiger partial charge in [0.15, 0.2) is 0 Å². The van der Waals surface area contributed by atoms with Crippen molar-refractivity contribution in [1.29, 1.82) is 0 Å². The molecule has 19 heavy (non-hydrogen) atoms. The summed E-state index contributed by atoms with van der Waals surface area (Å²) < 4.78 is 26.6.